The number of para-hydroxylation sites is 2. The monoisotopic (exact) mass is 370 g/mol. The van der Waals surface area contributed by atoms with E-state index in [0.29, 0.717) is 12.3 Å². The van der Waals surface area contributed by atoms with Gasteiger partial charge in [0, 0.05) is 17.7 Å². The third-order valence-corrected chi connectivity index (χ3v) is 4.83. The van der Waals surface area contributed by atoms with Gasteiger partial charge in [0.2, 0.25) is 11.8 Å². The molecule has 5 rings (SSSR count). The quantitative estimate of drug-likeness (QED) is 0.570. The van der Waals surface area contributed by atoms with Crippen molar-refractivity contribution in [3.8, 4) is 17.2 Å². The van der Waals surface area contributed by atoms with E-state index in [1.54, 1.807) is 0 Å². The second-order valence-electron chi connectivity index (χ2n) is 6.83. The van der Waals surface area contributed by atoms with Crippen molar-refractivity contribution in [3.05, 3.63) is 77.9 Å². The van der Waals surface area contributed by atoms with Crippen LogP contribution >= 0.6 is 0 Å². The molecule has 1 aromatic heterocycles. The molecule has 0 unspecified atom stereocenters. The van der Waals surface area contributed by atoms with Crippen molar-refractivity contribution in [3.63, 3.8) is 0 Å². The standard InChI is InChI=1S/C23H18N2O3/c26-22(14-15-5-10-20-17(13-15)11-12-27-20)24-18-8-6-16(7-9-18)23-25-19-3-1-2-4-21(19)28-23/h1-10,13H,11-12,14H2,(H,24,26). The zero-order chi connectivity index (χ0) is 18.9. The molecule has 5 nitrogen and oxygen atoms in total. The number of carbonyl (C=O) groups is 1. The lowest BCUT2D eigenvalue weighted by atomic mass is 10.1. The van der Waals surface area contributed by atoms with E-state index in [0.717, 1.165) is 46.7 Å². The first-order valence-corrected chi connectivity index (χ1v) is 9.25. The smallest absolute Gasteiger partial charge is 0.228 e. The Balaban J connectivity index is 1.27. The highest BCUT2D eigenvalue weighted by Crippen LogP contribution is 2.27. The molecule has 0 aliphatic carbocycles. The number of nitrogens with zero attached hydrogens (tertiary/aromatic N) is 1. The number of hydrogen-bond acceptors (Lipinski definition) is 4. The molecule has 28 heavy (non-hydrogen) atoms. The number of amides is 1. The molecular weight excluding hydrogens is 352 g/mol. The Morgan fingerprint density at radius 1 is 1.04 bits per heavy atom. The second-order valence-corrected chi connectivity index (χ2v) is 6.83. The maximum absolute atomic E-state index is 12.4. The van der Waals surface area contributed by atoms with Crippen LogP contribution in [0.3, 0.4) is 0 Å². The summed E-state index contributed by atoms with van der Waals surface area (Å²) in [7, 11) is 0. The number of fused-ring (bicyclic) bond motifs is 2. The zero-order valence-electron chi connectivity index (χ0n) is 15.1. The first kappa shape index (κ1) is 16.6. The number of anilines is 1. The van der Waals surface area contributed by atoms with Crippen LogP contribution in [0.1, 0.15) is 11.1 Å². The number of carbonyl (C=O) groups excluding carboxylic acids is 1. The summed E-state index contributed by atoms with van der Waals surface area (Å²) in [5.74, 6) is 1.45. The molecule has 138 valence electrons. The summed E-state index contributed by atoms with van der Waals surface area (Å²) in [5, 5.41) is 2.94. The Morgan fingerprint density at radius 2 is 1.89 bits per heavy atom. The van der Waals surface area contributed by atoms with Gasteiger partial charge in [0.25, 0.3) is 0 Å². The highest BCUT2D eigenvalue weighted by molar-refractivity contribution is 5.92. The fraction of sp³-hybridized carbons (Fsp3) is 0.130. The van der Waals surface area contributed by atoms with Crippen LogP contribution in [0.2, 0.25) is 0 Å². The van der Waals surface area contributed by atoms with Crippen molar-refractivity contribution >= 4 is 22.7 Å². The van der Waals surface area contributed by atoms with Gasteiger partial charge in [-0.3, -0.25) is 4.79 Å². The van der Waals surface area contributed by atoms with Crippen LogP contribution in [0, 0.1) is 0 Å². The molecule has 0 fully saturated rings. The van der Waals surface area contributed by atoms with Crippen molar-refractivity contribution in [1.29, 1.82) is 0 Å². The second kappa shape index (κ2) is 6.85. The van der Waals surface area contributed by atoms with Gasteiger partial charge in [-0.05, 0) is 53.6 Å². The molecule has 4 aromatic rings. The van der Waals surface area contributed by atoms with Crippen molar-refractivity contribution in [2.75, 3.05) is 11.9 Å². The fourth-order valence-electron chi connectivity index (χ4n) is 3.43. The van der Waals surface area contributed by atoms with E-state index in [9.17, 15) is 4.79 Å². The first-order valence-electron chi connectivity index (χ1n) is 9.25. The Morgan fingerprint density at radius 3 is 2.75 bits per heavy atom. The Kier molecular flexibility index (Phi) is 4.05. The topological polar surface area (TPSA) is 64.4 Å². The van der Waals surface area contributed by atoms with Crippen LogP contribution in [0.25, 0.3) is 22.6 Å². The predicted octanol–water partition coefficient (Wildman–Crippen LogP) is 4.61. The van der Waals surface area contributed by atoms with Gasteiger partial charge in [-0.25, -0.2) is 4.98 Å². The van der Waals surface area contributed by atoms with Crippen molar-refractivity contribution in [2.45, 2.75) is 12.8 Å². The lowest BCUT2D eigenvalue weighted by Gasteiger charge is -2.07. The normalized spacial score (nSPS) is 12.6. The van der Waals surface area contributed by atoms with Gasteiger partial charge in [-0.2, -0.15) is 0 Å². The summed E-state index contributed by atoms with van der Waals surface area (Å²) in [5.41, 5.74) is 5.37. The molecule has 1 aliphatic heterocycles. The average Bonchev–Trinajstić information content (AvgIpc) is 3.34. The molecule has 3 aromatic carbocycles. The zero-order valence-corrected chi connectivity index (χ0v) is 15.1. The number of rotatable bonds is 4. The van der Waals surface area contributed by atoms with E-state index in [2.05, 4.69) is 16.4 Å². The molecule has 2 heterocycles. The maximum Gasteiger partial charge on any atom is 0.228 e. The highest BCUT2D eigenvalue weighted by atomic mass is 16.5. The molecule has 0 bridgehead atoms. The molecule has 0 saturated heterocycles. The number of hydrogen-bond donors (Lipinski definition) is 1. The number of ether oxygens (including phenoxy) is 1. The summed E-state index contributed by atoms with van der Waals surface area (Å²) in [6, 6.07) is 21.1. The molecule has 1 amide bonds. The van der Waals surface area contributed by atoms with E-state index < -0.39 is 0 Å². The Hall–Kier alpha value is -3.60. The van der Waals surface area contributed by atoms with Crippen molar-refractivity contribution < 1.29 is 13.9 Å². The maximum atomic E-state index is 12.4. The predicted molar refractivity (Wildman–Crippen MR) is 107 cm³/mol. The number of oxazole rings is 1. The van der Waals surface area contributed by atoms with E-state index >= 15 is 0 Å². The summed E-state index contributed by atoms with van der Waals surface area (Å²) >= 11 is 0. The molecular formula is C23H18N2O3. The van der Waals surface area contributed by atoms with Gasteiger partial charge in [0.15, 0.2) is 5.58 Å². The average molecular weight is 370 g/mol. The number of nitrogens with one attached hydrogen (secondary N) is 1. The summed E-state index contributed by atoms with van der Waals surface area (Å²) < 4.78 is 11.3. The summed E-state index contributed by atoms with van der Waals surface area (Å²) in [4.78, 5) is 16.9. The minimum atomic E-state index is -0.0477. The number of benzene rings is 3. The summed E-state index contributed by atoms with van der Waals surface area (Å²) in [6.45, 7) is 0.720. The first-order chi connectivity index (χ1) is 13.7. The highest BCUT2D eigenvalue weighted by Gasteiger charge is 2.14. The third kappa shape index (κ3) is 3.22. The molecule has 0 radical (unpaired) electrons. The van der Waals surface area contributed by atoms with Gasteiger partial charge >= 0.3 is 0 Å². The van der Waals surface area contributed by atoms with E-state index in [-0.39, 0.29) is 5.91 Å². The van der Waals surface area contributed by atoms with Gasteiger partial charge in [-0.1, -0.05) is 24.3 Å². The van der Waals surface area contributed by atoms with Gasteiger partial charge in [0.1, 0.15) is 11.3 Å². The molecule has 0 atom stereocenters. The Labute approximate surface area is 162 Å². The van der Waals surface area contributed by atoms with E-state index in [4.69, 9.17) is 9.15 Å². The van der Waals surface area contributed by atoms with Crippen LogP contribution in [-0.2, 0) is 17.6 Å². The summed E-state index contributed by atoms with van der Waals surface area (Å²) in [6.07, 6.45) is 1.24. The van der Waals surface area contributed by atoms with Crippen molar-refractivity contribution in [1.82, 2.24) is 4.98 Å². The van der Waals surface area contributed by atoms with Gasteiger partial charge in [-0.15, -0.1) is 0 Å². The number of aromatic nitrogens is 1. The minimum Gasteiger partial charge on any atom is -0.493 e. The molecule has 5 heteroatoms. The minimum absolute atomic E-state index is 0.0477. The molecule has 1 N–H and O–H groups in total. The van der Waals surface area contributed by atoms with E-state index in [1.807, 2.05) is 60.7 Å². The Bertz CT molecular complexity index is 1130. The SMILES string of the molecule is O=C(Cc1ccc2c(c1)CCO2)Nc1ccc(-c2nc3ccccc3o2)cc1. The fourth-order valence-corrected chi connectivity index (χ4v) is 3.43. The lowest BCUT2D eigenvalue weighted by molar-refractivity contribution is -0.115. The van der Waals surface area contributed by atoms with Crippen LogP contribution in [0.5, 0.6) is 5.75 Å². The third-order valence-electron chi connectivity index (χ3n) is 4.83. The lowest BCUT2D eigenvalue weighted by Crippen LogP contribution is -2.14. The van der Waals surface area contributed by atoms with E-state index in [1.165, 1.54) is 5.56 Å². The largest absolute Gasteiger partial charge is 0.493 e. The molecule has 1 aliphatic rings. The van der Waals surface area contributed by atoms with Crippen LogP contribution in [0.4, 0.5) is 5.69 Å². The van der Waals surface area contributed by atoms with Gasteiger partial charge in [0.05, 0.1) is 13.0 Å². The van der Waals surface area contributed by atoms with Crippen LogP contribution < -0.4 is 10.1 Å². The van der Waals surface area contributed by atoms with Gasteiger partial charge < -0.3 is 14.5 Å². The van der Waals surface area contributed by atoms with Crippen LogP contribution in [0.15, 0.2) is 71.1 Å². The molecule has 0 saturated carbocycles. The van der Waals surface area contributed by atoms with Crippen LogP contribution in [-0.4, -0.2) is 17.5 Å². The van der Waals surface area contributed by atoms with Crippen molar-refractivity contribution in [2.24, 2.45) is 0 Å². The molecule has 0 spiro atoms.